The Balaban J connectivity index is 1.60. The number of nitrogens with zero attached hydrogens (tertiary/aromatic N) is 3. The summed E-state index contributed by atoms with van der Waals surface area (Å²) < 4.78 is 0. The summed E-state index contributed by atoms with van der Waals surface area (Å²) in [5.41, 5.74) is 2.17. The third-order valence-electron chi connectivity index (χ3n) is 4.97. The fourth-order valence-corrected chi connectivity index (χ4v) is 3.81. The number of nitrogens with one attached hydrogen (secondary N) is 1. The lowest BCUT2D eigenvalue weighted by atomic mass is 10.1. The molecule has 0 saturated carbocycles. The number of rotatable bonds is 4. The molecule has 0 radical (unpaired) electrons. The quantitative estimate of drug-likeness (QED) is 0.874. The van der Waals surface area contributed by atoms with Gasteiger partial charge in [0.05, 0.1) is 10.7 Å². The second-order valence-electron chi connectivity index (χ2n) is 6.89. The van der Waals surface area contributed by atoms with Crippen molar-refractivity contribution in [3.05, 3.63) is 56.7 Å². The van der Waals surface area contributed by atoms with Crippen LogP contribution in [0.15, 0.2) is 29.1 Å². The largest absolute Gasteiger partial charge is 0.368 e. The van der Waals surface area contributed by atoms with Crippen LogP contribution in [0.2, 0.25) is 5.02 Å². The SMILES string of the molecule is Cc1nc(C)c(CCC(=O)N2CCCN(c3ccccc3Cl)CC2)c(=O)[nH]1. The summed E-state index contributed by atoms with van der Waals surface area (Å²) in [7, 11) is 0. The zero-order valence-electron chi connectivity index (χ0n) is 15.8. The fraction of sp³-hybridized carbons (Fsp3) is 0.450. The maximum Gasteiger partial charge on any atom is 0.254 e. The summed E-state index contributed by atoms with van der Waals surface area (Å²) in [6.07, 6.45) is 1.63. The predicted molar refractivity (Wildman–Crippen MR) is 108 cm³/mol. The molecule has 1 fully saturated rings. The number of benzene rings is 1. The predicted octanol–water partition coefficient (Wildman–Crippen LogP) is 2.71. The highest BCUT2D eigenvalue weighted by Crippen LogP contribution is 2.26. The number of hydrogen-bond donors (Lipinski definition) is 1. The van der Waals surface area contributed by atoms with E-state index in [0.717, 1.165) is 36.8 Å². The van der Waals surface area contributed by atoms with Crippen molar-refractivity contribution in [2.24, 2.45) is 0 Å². The molecular weight excluding hydrogens is 364 g/mol. The maximum atomic E-state index is 12.7. The zero-order valence-corrected chi connectivity index (χ0v) is 16.6. The lowest BCUT2D eigenvalue weighted by Crippen LogP contribution is -2.35. The number of amides is 1. The van der Waals surface area contributed by atoms with Crippen LogP contribution >= 0.6 is 11.6 Å². The van der Waals surface area contributed by atoms with E-state index in [1.165, 1.54) is 0 Å². The van der Waals surface area contributed by atoms with Gasteiger partial charge in [-0.3, -0.25) is 9.59 Å². The Morgan fingerprint density at radius 3 is 2.70 bits per heavy atom. The molecule has 1 aliphatic rings. The Labute approximate surface area is 164 Å². The summed E-state index contributed by atoms with van der Waals surface area (Å²) >= 11 is 6.31. The minimum absolute atomic E-state index is 0.0791. The van der Waals surface area contributed by atoms with Crippen LogP contribution in [0.5, 0.6) is 0 Å². The van der Waals surface area contributed by atoms with Gasteiger partial charge in [0.15, 0.2) is 0 Å². The van der Waals surface area contributed by atoms with Crippen molar-refractivity contribution < 1.29 is 4.79 Å². The van der Waals surface area contributed by atoms with Crippen molar-refractivity contribution in [3.8, 4) is 0 Å². The van der Waals surface area contributed by atoms with Gasteiger partial charge in [-0.2, -0.15) is 0 Å². The summed E-state index contributed by atoms with van der Waals surface area (Å²) in [6, 6.07) is 7.80. The molecule has 7 heteroatoms. The molecule has 0 bridgehead atoms. The molecule has 27 heavy (non-hydrogen) atoms. The molecule has 144 valence electrons. The van der Waals surface area contributed by atoms with Gasteiger partial charge >= 0.3 is 0 Å². The first kappa shape index (κ1) is 19.4. The zero-order chi connectivity index (χ0) is 19.4. The van der Waals surface area contributed by atoms with E-state index >= 15 is 0 Å². The highest BCUT2D eigenvalue weighted by molar-refractivity contribution is 6.33. The smallest absolute Gasteiger partial charge is 0.254 e. The monoisotopic (exact) mass is 388 g/mol. The van der Waals surface area contributed by atoms with Crippen LogP contribution in [0.3, 0.4) is 0 Å². The molecule has 2 aromatic rings. The fourth-order valence-electron chi connectivity index (χ4n) is 3.55. The van der Waals surface area contributed by atoms with Crippen molar-refractivity contribution in [1.82, 2.24) is 14.9 Å². The third kappa shape index (κ3) is 4.69. The molecule has 0 aliphatic carbocycles. The normalized spacial score (nSPS) is 14.9. The number of aryl methyl sites for hydroxylation is 2. The average molecular weight is 389 g/mol. The highest BCUT2D eigenvalue weighted by Gasteiger charge is 2.21. The Kier molecular flexibility index (Phi) is 6.16. The lowest BCUT2D eigenvalue weighted by Gasteiger charge is -2.24. The van der Waals surface area contributed by atoms with Gasteiger partial charge in [-0.05, 0) is 38.8 Å². The van der Waals surface area contributed by atoms with Gasteiger partial charge in [-0.15, -0.1) is 0 Å². The van der Waals surface area contributed by atoms with Crippen molar-refractivity contribution in [1.29, 1.82) is 0 Å². The molecule has 2 heterocycles. The van der Waals surface area contributed by atoms with Crippen LogP contribution in [0.25, 0.3) is 0 Å². The van der Waals surface area contributed by atoms with Crippen LogP contribution in [-0.4, -0.2) is 47.0 Å². The van der Waals surface area contributed by atoms with Crippen molar-refractivity contribution in [2.75, 3.05) is 31.1 Å². The number of carbonyl (C=O) groups is 1. The van der Waals surface area contributed by atoms with E-state index in [0.29, 0.717) is 36.5 Å². The third-order valence-corrected chi connectivity index (χ3v) is 5.29. The summed E-state index contributed by atoms with van der Waals surface area (Å²) in [5, 5.41) is 0.735. The van der Waals surface area contributed by atoms with E-state index in [1.54, 1.807) is 6.92 Å². The number of hydrogen-bond acceptors (Lipinski definition) is 4. The van der Waals surface area contributed by atoms with E-state index in [-0.39, 0.29) is 11.5 Å². The van der Waals surface area contributed by atoms with E-state index < -0.39 is 0 Å². The van der Waals surface area contributed by atoms with Gasteiger partial charge in [-0.1, -0.05) is 23.7 Å². The van der Waals surface area contributed by atoms with Crippen LogP contribution in [0, 0.1) is 13.8 Å². The molecule has 1 saturated heterocycles. The van der Waals surface area contributed by atoms with Gasteiger partial charge in [0.25, 0.3) is 5.56 Å². The molecule has 1 N–H and O–H groups in total. The molecule has 6 nitrogen and oxygen atoms in total. The molecular formula is C20H25ClN4O2. The second kappa shape index (κ2) is 8.57. The van der Waals surface area contributed by atoms with Crippen molar-refractivity contribution in [2.45, 2.75) is 33.1 Å². The second-order valence-corrected chi connectivity index (χ2v) is 7.30. The Bertz CT molecular complexity index is 881. The molecule has 0 spiro atoms. The average Bonchev–Trinajstić information content (AvgIpc) is 2.87. The number of anilines is 1. The minimum Gasteiger partial charge on any atom is -0.368 e. The van der Waals surface area contributed by atoms with Gasteiger partial charge in [-0.25, -0.2) is 4.98 Å². The van der Waals surface area contributed by atoms with Gasteiger partial charge in [0.1, 0.15) is 5.82 Å². The van der Waals surface area contributed by atoms with E-state index in [4.69, 9.17) is 11.6 Å². The summed E-state index contributed by atoms with van der Waals surface area (Å²) in [6.45, 7) is 6.57. The van der Waals surface area contributed by atoms with Crippen LogP contribution in [-0.2, 0) is 11.2 Å². The summed E-state index contributed by atoms with van der Waals surface area (Å²) in [4.78, 5) is 35.9. The van der Waals surface area contributed by atoms with E-state index in [2.05, 4.69) is 14.9 Å². The Morgan fingerprint density at radius 2 is 1.96 bits per heavy atom. The topological polar surface area (TPSA) is 69.3 Å². The molecule has 0 atom stereocenters. The van der Waals surface area contributed by atoms with Crippen LogP contribution < -0.4 is 10.5 Å². The molecule has 1 aromatic heterocycles. The lowest BCUT2D eigenvalue weighted by molar-refractivity contribution is -0.130. The standard InChI is InChI=1S/C20H25ClN4O2/c1-14-16(20(27)23-15(2)22-14)8-9-19(26)25-11-5-10-24(12-13-25)18-7-4-3-6-17(18)21/h3-4,6-7H,5,8-13H2,1-2H3,(H,22,23,27). The molecule has 1 amide bonds. The summed E-state index contributed by atoms with van der Waals surface area (Å²) in [5.74, 6) is 0.676. The number of aromatic amines is 1. The molecule has 1 aliphatic heterocycles. The van der Waals surface area contributed by atoms with Crippen molar-refractivity contribution in [3.63, 3.8) is 0 Å². The molecule has 3 rings (SSSR count). The molecule has 0 unspecified atom stereocenters. The first-order valence-corrected chi connectivity index (χ1v) is 9.67. The number of halogens is 1. The van der Waals surface area contributed by atoms with Gasteiger partial charge in [0, 0.05) is 43.9 Å². The van der Waals surface area contributed by atoms with Gasteiger partial charge in [0.2, 0.25) is 5.91 Å². The van der Waals surface area contributed by atoms with Crippen molar-refractivity contribution >= 4 is 23.2 Å². The number of aromatic nitrogens is 2. The van der Waals surface area contributed by atoms with E-state index in [9.17, 15) is 9.59 Å². The highest BCUT2D eigenvalue weighted by atomic mass is 35.5. The maximum absolute atomic E-state index is 12.7. The molecule has 1 aromatic carbocycles. The number of para-hydroxylation sites is 1. The first-order chi connectivity index (χ1) is 13.0. The van der Waals surface area contributed by atoms with Crippen LogP contribution in [0.4, 0.5) is 5.69 Å². The van der Waals surface area contributed by atoms with Gasteiger partial charge < -0.3 is 14.8 Å². The Hall–Kier alpha value is -2.34. The Morgan fingerprint density at radius 1 is 1.19 bits per heavy atom. The number of carbonyl (C=O) groups excluding carboxylic acids is 1. The number of H-pyrrole nitrogens is 1. The van der Waals surface area contributed by atoms with Crippen LogP contribution in [0.1, 0.15) is 29.9 Å². The minimum atomic E-state index is -0.145. The first-order valence-electron chi connectivity index (χ1n) is 9.29. The van der Waals surface area contributed by atoms with E-state index in [1.807, 2.05) is 36.1 Å².